The third-order valence-electron chi connectivity index (χ3n) is 1.63. The highest BCUT2D eigenvalue weighted by Crippen LogP contribution is 2.30. The fraction of sp³-hybridized carbons (Fsp3) is 0.125. The van der Waals surface area contributed by atoms with Crippen molar-refractivity contribution in [3.63, 3.8) is 0 Å². The number of hydrogen-bond acceptors (Lipinski definition) is 3. The Morgan fingerprint density at radius 1 is 1.60 bits per heavy atom. The van der Waals surface area contributed by atoms with E-state index in [1.165, 1.54) is 0 Å². The molecule has 80 valence electrons. The molecule has 1 rings (SSSR count). The lowest BCUT2D eigenvalue weighted by Gasteiger charge is -2.02. The van der Waals surface area contributed by atoms with Crippen molar-refractivity contribution in [1.29, 1.82) is 0 Å². The van der Waals surface area contributed by atoms with Crippen LogP contribution < -0.4 is 0 Å². The molecule has 0 aliphatic carbocycles. The summed E-state index contributed by atoms with van der Waals surface area (Å²) in [5.74, 6) is -1.86. The van der Waals surface area contributed by atoms with Gasteiger partial charge in [-0.25, -0.2) is 4.39 Å². The van der Waals surface area contributed by atoms with E-state index in [1.807, 2.05) is 0 Å². The van der Waals surface area contributed by atoms with Gasteiger partial charge in [-0.1, -0.05) is 0 Å². The first-order chi connectivity index (χ1) is 6.97. The zero-order valence-electron chi connectivity index (χ0n) is 7.17. The minimum Gasteiger partial charge on any atom is -0.293 e. The second-order valence-corrected chi connectivity index (χ2v) is 3.72. The van der Waals surface area contributed by atoms with Gasteiger partial charge in [0.15, 0.2) is 5.78 Å². The summed E-state index contributed by atoms with van der Waals surface area (Å²) >= 11 is 8.08. The van der Waals surface area contributed by atoms with Gasteiger partial charge in [-0.3, -0.25) is 14.9 Å². The molecule has 0 heterocycles. The molecule has 7 heteroatoms. The number of rotatable bonds is 3. The third kappa shape index (κ3) is 2.51. The number of carbonyl (C=O) groups is 1. The molecule has 0 N–H and O–H groups in total. The zero-order valence-corrected chi connectivity index (χ0v) is 9.51. The number of alkyl halides is 1. The fourth-order valence-electron chi connectivity index (χ4n) is 1.04. The molecule has 0 amide bonds. The minimum absolute atomic E-state index is 0.0824. The van der Waals surface area contributed by atoms with E-state index >= 15 is 0 Å². The second kappa shape index (κ2) is 4.67. The van der Waals surface area contributed by atoms with E-state index in [-0.39, 0.29) is 10.0 Å². The van der Waals surface area contributed by atoms with E-state index in [0.717, 1.165) is 12.1 Å². The molecular weight excluding hydrogens is 292 g/mol. The van der Waals surface area contributed by atoms with Gasteiger partial charge in [0.2, 0.25) is 0 Å². The summed E-state index contributed by atoms with van der Waals surface area (Å²) in [7, 11) is 0. The SMILES string of the molecule is O=C(CCl)c1cc(F)cc(Br)c1[N+](=O)[O-]. The van der Waals surface area contributed by atoms with Crippen LogP contribution in [0.4, 0.5) is 10.1 Å². The predicted octanol–water partition coefficient (Wildman–Crippen LogP) is 2.92. The Bertz CT molecular complexity index is 438. The number of ketones is 1. The van der Waals surface area contributed by atoms with Crippen LogP contribution >= 0.6 is 27.5 Å². The number of nitrogens with zero attached hydrogens (tertiary/aromatic N) is 1. The molecule has 0 saturated carbocycles. The average Bonchev–Trinajstić information content (AvgIpc) is 2.14. The van der Waals surface area contributed by atoms with Crippen molar-refractivity contribution in [2.45, 2.75) is 0 Å². The van der Waals surface area contributed by atoms with Crippen LogP contribution in [-0.2, 0) is 0 Å². The highest BCUT2D eigenvalue weighted by atomic mass is 79.9. The minimum atomic E-state index is -0.761. The molecule has 0 atom stereocenters. The van der Waals surface area contributed by atoms with Crippen molar-refractivity contribution in [2.24, 2.45) is 0 Å². The Hall–Kier alpha value is -1.01. The van der Waals surface area contributed by atoms with Crippen LogP contribution in [0.2, 0.25) is 0 Å². The number of nitro benzene ring substituents is 1. The van der Waals surface area contributed by atoms with Crippen LogP contribution in [0.3, 0.4) is 0 Å². The molecule has 0 spiro atoms. The van der Waals surface area contributed by atoms with Crippen molar-refractivity contribution < 1.29 is 14.1 Å². The predicted molar refractivity (Wildman–Crippen MR) is 55.8 cm³/mol. The van der Waals surface area contributed by atoms with Gasteiger partial charge in [0.05, 0.1) is 15.3 Å². The molecule has 4 nitrogen and oxygen atoms in total. The van der Waals surface area contributed by atoms with Gasteiger partial charge in [0, 0.05) is 0 Å². The Morgan fingerprint density at radius 2 is 2.20 bits per heavy atom. The Balaban J connectivity index is 3.46. The topological polar surface area (TPSA) is 60.2 Å². The van der Waals surface area contributed by atoms with Gasteiger partial charge in [-0.05, 0) is 28.1 Å². The lowest BCUT2D eigenvalue weighted by Crippen LogP contribution is -2.06. The van der Waals surface area contributed by atoms with Crippen molar-refractivity contribution in [3.8, 4) is 0 Å². The molecule has 0 bridgehead atoms. The highest BCUT2D eigenvalue weighted by Gasteiger charge is 2.24. The van der Waals surface area contributed by atoms with Crippen molar-refractivity contribution in [3.05, 3.63) is 38.1 Å². The van der Waals surface area contributed by atoms with Crippen LogP contribution in [-0.4, -0.2) is 16.6 Å². The molecule has 0 radical (unpaired) electrons. The fourth-order valence-corrected chi connectivity index (χ4v) is 1.76. The number of halogens is 3. The summed E-state index contributed by atoms with van der Waals surface area (Å²) < 4.78 is 12.8. The van der Waals surface area contributed by atoms with Crippen LogP contribution in [0.15, 0.2) is 16.6 Å². The maximum atomic E-state index is 12.9. The van der Waals surface area contributed by atoms with Crippen LogP contribution in [0, 0.1) is 15.9 Å². The summed E-state index contributed by atoms with van der Waals surface area (Å²) in [6.07, 6.45) is 0. The van der Waals surface area contributed by atoms with Gasteiger partial charge in [0.25, 0.3) is 5.69 Å². The summed E-state index contributed by atoms with van der Waals surface area (Å²) in [4.78, 5) is 21.1. The van der Waals surface area contributed by atoms with Crippen molar-refractivity contribution in [2.75, 3.05) is 5.88 Å². The van der Waals surface area contributed by atoms with Gasteiger partial charge in [-0.15, -0.1) is 11.6 Å². The van der Waals surface area contributed by atoms with E-state index in [2.05, 4.69) is 15.9 Å². The Kier molecular flexibility index (Phi) is 3.76. The van der Waals surface area contributed by atoms with E-state index in [9.17, 15) is 19.3 Å². The molecule has 15 heavy (non-hydrogen) atoms. The van der Waals surface area contributed by atoms with E-state index < -0.39 is 28.1 Å². The molecule has 0 aliphatic heterocycles. The van der Waals surface area contributed by atoms with Gasteiger partial charge in [0.1, 0.15) is 11.4 Å². The molecule has 0 aromatic heterocycles. The summed E-state index contributed by atoms with van der Waals surface area (Å²) in [5, 5.41) is 10.6. The number of Topliss-reactive ketones (excluding diaryl/α,β-unsaturated/α-hetero) is 1. The molecule has 0 aliphatic rings. The first-order valence-electron chi connectivity index (χ1n) is 3.70. The lowest BCUT2D eigenvalue weighted by atomic mass is 10.1. The number of nitro groups is 1. The first-order valence-corrected chi connectivity index (χ1v) is 5.02. The third-order valence-corrected chi connectivity index (χ3v) is 2.48. The van der Waals surface area contributed by atoms with Crippen molar-refractivity contribution in [1.82, 2.24) is 0 Å². The average molecular weight is 296 g/mol. The van der Waals surface area contributed by atoms with E-state index in [1.54, 1.807) is 0 Å². The lowest BCUT2D eigenvalue weighted by molar-refractivity contribution is -0.386. The van der Waals surface area contributed by atoms with Gasteiger partial charge < -0.3 is 0 Å². The molecule has 1 aromatic rings. The van der Waals surface area contributed by atoms with Crippen LogP contribution in [0.25, 0.3) is 0 Å². The first kappa shape index (κ1) is 12.1. The zero-order chi connectivity index (χ0) is 11.6. The largest absolute Gasteiger partial charge is 0.294 e. The maximum Gasteiger partial charge on any atom is 0.294 e. The molecule has 0 saturated heterocycles. The molecule has 0 unspecified atom stereocenters. The normalized spacial score (nSPS) is 10.1. The summed E-state index contributed by atoms with van der Waals surface area (Å²) in [6.45, 7) is 0. The van der Waals surface area contributed by atoms with Crippen LogP contribution in [0.1, 0.15) is 10.4 Å². The highest BCUT2D eigenvalue weighted by molar-refractivity contribution is 9.10. The van der Waals surface area contributed by atoms with Crippen molar-refractivity contribution >= 4 is 39.0 Å². The second-order valence-electron chi connectivity index (χ2n) is 2.60. The maximum absolute atomic E-state index is 12.9. The Labute approximate surface area is 97.3 Å². The quantitative estimate of drug-likeness (QED) is 0.373. The number of hydrogen-bond donors (Lipinski definition) is 0. The smallest absolute Gasteiger partial charge is 0.293 e. The van der Waals surface area contributed by atoms with Gasteiger partial charge in [-0.2, -0.15) is 0 Å². The standard InChI is InChI=1S/C8H4BrClFNO3/c9-6-2-4(11)1-5(7(13)3-10)8(6)12(14)15/h1-2H,3H2. The van der Waals surface area contributed by atoms with Gasteiger partial charge >= 0.3 is 0 Å². The summed E-state index contributed by atoms with van der Waals surface area (Å²) in [6, 6.07) is 1.72. The summed E-state index contributed by atoms with van der Waals surface area (Å²) in [5.41, 5.74) is -0.802. The monoisotopic (exact) mass is 295 g/mol. The van der Waals surface area contributed by atoms with E-state index in [0.29, 0.717) is 0 Å². The van der Waals surface area contributed by atoms with E-state index in [4.69, 9.17) is 11.6 Å². The Morgan fingerprint density at radius 3 is 2.67 bits per heavy atom. The molecule has 1 aromatic carbocycles. The molecular formula is C8H4BrClFNO3. The number of carbonyl (C=O) groups excluding carboxylic acids is 1. The van der Waals surface area contributed by atoms with Crippen LogP contribution in [0.5, 0.6) is 0 Å². The number of benzene rings is 1. The molecule has 0 fully saturated rings.